The van der Waals surface area contributed by atoms with Crippen LogP contribution in [0.3, 0.4) is 0 Å². The molecule has 14 heavy (non-hydrogen) atoms. The molecular formula is C12H22N2. The van der Waals surface area contributed by atoms with Crippen molar-refractivity contribution in [2.75, 3.05) is 20.1 Å². The van der Waals surface area contributed by atoms with Gasteiger partial charge in [-0.05, 0) is 57.5 Å². The Morgan fingerprint density at radius 1 is 1.21 bits per heavy atom. The molecule has 4 atom stereocenters. The first kappa shape index (κ1) is 9.17. The Hall–Kier alpha value is -0.0800. The Kier molecular flexibility index (Phi) is 2.29. The summed E-state index contributed by atoms with van der Waals surface area (Å²) in [4.78, 5) is 2.85. The monoisotopic (exact) mass is 194 g/mol. The molecule has 80 valence electrons. The first-order valence-electron chi connectivity index (χ1n) is 6.29. The number of hydrogen-bond acceptors (Lipinski definition) is 2. The molecule has 2 nitrogen and oxygen atoms in total. The van der Waals surface area contributed by atoms with Gasteiger partial charge in [-0.1, -0.05) is 0 Å². The lowest BCUT2D eigenvalue weighted by Crippen LogP contribution is -2.52. The molecule has 1 aliphatic heterocycles. The van der Waals surface area contributed by atoms with Gasteiger partial charge in [0.25, 0.3) is 0 Å². The van der Waals surface area contributed by atoms with Crippen LogP contribution in [0.1, 0.15) is 32.1 Å². The van der Waals surface area contributed by atoms with Crippen molar-refractivity contribution in [3.05, 3.63) is 0 Å². The van der Waals surface area contributed by atoms with E-state index >= 15 is 0 Å². The summed E-state index contributed by atoms with van der Waals surface area (Å²) >= 11 is 0. The molecule has 1 heterocycles. The van der Waals surface area contributed by atoms with Crippen LogP contribution in [-0.4, -0.2) is 37.1 Å². The molecule has 2 heteroatoms. The van der Waals surface area contributed by atoms with Crippen molar-refractivity contribution >= 4 is 0 Å². The van der Waals surface area contributed by atoms with Gasteiger partial charge in [-0.15, -0.1) is 0 Å². The Balaban J connectivity index is 1.61. The fraction of sp³-hybridized carbons (Fsp3) is 1.00. The number of hydrogen-bond donors (Lipinski definition) is 1. The summed E-state index contributed by atoms with van der Waals surface area (Å²) in [6.45, 7) is 2.66. The van der Waals surface area contributed by atoms with Crippen molar-refractivity contribution in [3.8, 4) is 0 Å². The summed E-state index contributed by atoms with van der Waals surface area (Å²) < 4.78 is 0. The zero-order chi connectivity index (χ0) is 9.54. The number of piperidine rings is 1. The molecule has 0 amide bonds. The van der Waals surface area contributed by atoms with Gasteiger partial charge in [0.1, 0.15) is 0 Å². The van der Waals surface area contributed by atoms with E-state index in [0.717, 1.165) is 23.9 Å². The highest BCUT2D eigenvalue weighted by atomic mass is 15.2. The van der Waals surface area contributed by atoms with Crippen molar-refractivity contribution in [3.63, 3.8) is 0 Å². The van der Waals surface area contributed by atoms with E-state index in [4.69, 9.17) is 0 Å². The van der Waals surface area contributed by atoms with Crippen LogP contribution in [0.15, 0.2) is 0 Å². The highest BCUT2D eigenvalue weighted by Gasteiger charge is 2.45. The van der Waals surface area contributed by atoms with Gasteiger partial charge in [0.2, 0.25) is 0 Å². The van der Waals surface area contributed by atoms with E-state index in [1.54, 1.807) is 0 Å². The second-order valence-corrected chi connectivity index (χ2v) is 5.49. The van der Waals surface area contributed by atoms with Crippen LogP contribution >= 0.6 is 0 Å². The third kappa shape index (κ3) is 1.31. The Bertz CT molecular complexity index is 216. The topological polar surface area (TPSA) is 15.3 Å². The van der Waals surface area contributed by atoms with Crippen molar-refractivity contribution in [1.29, 1.82) is 0 Å². The van der Waals surface area contributed by atoms with E-state index in [1.807, 2.05) is 0 Å². The minimum atomic E-state index is 0.942. The maximum Gasteiger partial charge on any atom is 0.0139 e. The van der Waals surface area contributed by atoms with Crippen molar-refractivity contribution in [2.45, 2.75) is 44.2 Å². The highest BCUT2D eigenvalue weighted by molar-refractivity contribution is 5.00. The van der Waals surface area contributed by atoms with Gasteiger partial charge in [-0.2, -0.15) is 0 Å². The fourth-order valence-corrected chi connectivity index (χ4v) is 3.86. The summed E-state index contributed by atoms with van der Waals surface area (Å²) in [5.41, 5.74) is 0. The molecule has 0 aromatic rings. The van der Waals surface area contributed by atoms with Crippen LogP contribution in [0.4, 0.5) is 0 Å². The minimum absolute atomic E-state index is 0.942. The zero-order valence-corrected chi connectivity index (χ0v) is 9.21. The molecule has 2 saturated carbocycles. The first-order valence-corrected chi connectivity index (χ1v) is 6.29. The Morgan fingerprint density at radius 3 is 2.64 bits per heavy atom. The number of rotatable bonds is 3. The molecule has 0 spiro atoms. The molecule has 3 rings (SSSR count). The molecular weight excluding hydrogens is 172 g/mol. The van der Waals surface area contributed by atoms with Crippen molar-refractivity contribution < 1.29 is 0 Å². The SMILES string of the molecule is CNCC1CCC1N1CC2CCC1C2. The average molecular weight is 194 g/mol. The maximum atomic E-state index is 3.34. The number of nitrogens with one attached hydrogen (secondary N) is 1. The van der Waals surface area contributed by atoms with E-state index in [0.29, 0.717) is 0 Å². The van der Waals surface area contributed by atoms with Gasteiger partial charge in [-0.25, -0.2) is 0 Å². The van der Waals surface area contributed by atoms with Gasteiger partial charge >= 0.3 is 0 Å². The molecule has 0 radical (unpaired) electrons. The van der Waals surface area contributed by atoms with Gasteiger partial charge in [0.15, 0.2) is 0 Å². The lowest BCUT2D eigenvalue weighted by Gasteiger charge is -2.46. The lowest BCUT2D eigenvalue weighted by atomic mass is 9.77. The number of nitrogens with zero attached hydrogens (tertiary/aromatic N) is 1. The Labute approximate surface area is 87.0 Å². The largest absolute Gasteiger partial charge is 0.319 e. The summed E-state index contributed by atoms with van der Waals surface area (Å²) in [5.74, 6) is 2.02. The lowest BCUT2D eigenvalue weighted by molar-refractivity contribution is 0.0386. The fourth-order valence-electron chi connectivity index (χ4n) is 3.86. The maximum absolute atomic E-state index is 3.34. The molecule has 3 aliphatic rings. The zero-order valence-electron chi connectivity index (χ0n) is 9.21. The van der Waals surface area contributed by atoms with Crippen LogP contribution in [-0.2, 0) is 0 Å². The molecule has 1 saturated heterocycles. The van der Waals surface area contributed by atoms with Crippen molar-refractivity contribution in [1.82, 2.24) is 10.2 Å². The standard InChI is InChI=1S/C12H22N2/c1-13-7-10-3-5-12(10)14-8-9-2-4-11(14)6-9/h9-13H,2-8H2,1H3. The van der Waals surface area contributed by atoms with Crippen LogP contribution < -0.4 is 5.32 Å². The predicted octanol–water partition coefficient (Wildman–Crippen LogP) is 1.47. The third-order valence-corrected chi connectivity index (χ3v) is 4.72. The van der Waals surface area contributed by atoms with Gasteiger partial charge < -0.3 is 5.32 Å². The third-order valence-electron chi connectivity index (χ3n) is 4.72. The van der Waals surface area contributed by atoms with E-state index in [2.05, 4.69) is 17.3 Å². The molecule has 1 N–H and O–H groups in total. The molecule has 3 fully saturated rings. The van der Waals surface area contributed by atoms with E-state index in [1.165, 1.54) is 45.2 Å². The molecule has 0 aromatic heterocycles. The average Bonchev–Trinajstić information content (AvgIpc) is 2.73. The second-order valence-electron chi connectivity index (χ2n) is 5.49. The van der Waals surface area contributed by atoms with Gasteiger partial charge in [0, 0.05) is 18.6 Å². The smallest absolute Gasteiger partial charge is 0.0139 e. The summed E-state index contributed by atoms with van der Waals surface area (Å²) in [6, 6.07) is 1.92. The van der Waals surface area contributed by atoms with E-state index in [9.17, 15) is 0 Å². The molecule has 4 unspecified atom stereocenters. The van der Waals surface area contributed by atoms with Crippen LogP contribution in [0.2, 0.25) is 0 Å². The number of likely N-dealkylation sites (tertiary alicyclic amines) is 1. The normalized spacial score (nSPS) is 46.9. The first-order chi connectivity index (χ1) is 6.88. The highest BCUT2D eigenvalue weighted by Crippen LogP contribution is 2.44. The molecule has 0 aromatic carbocycles. The summed E-state index contributed by atoms with van der Waals surface area (Å²) in [6.07, 6.45) is 7.45. The van der Waals surface area contributed by atoms with Crippen LogP contribution in [0.5, 0.6) is 0 Å². The van der Waals surface area contributed by atoms with Crippen molar-refractivity contribution in [2.24, 2.45) is 11.8 Å². The molecule has 2 aliphatic carbocycles. The second kappa shape index (κ2) is 3.49. The van der Waals surface area contributed by atoms with Gasteiger partial charge in [0.05, 0.1) is 0 Å². The minimum Gasteiger partial charge on any atom is -0.319 e. The van der Waals surface area contributed by atoms with E-state index < -0.39 is 0 Å². The van der Waals surface area contributed by atoms with Crippen LogP contribution in [0, 0.1) is 11.8 Å². The summed E-state index contributed by atoms with van der Waals surface area (Å²) in [5, 5.41) is 3.34. The molecule has 2 bridgehead atoms. The van der Waals surface area contributed by atoms with E-state index in [-0.39, 0.29) is 0 Å². The number of fused-ring (bicyclic) bond motifs is 2. The van der Waals surface area contributed by atoms with Gasteiger partial charge in [-0.3, -0.25) is 4.90 Å². The Morgan fingerprint density at radius 2 is 2.14 bits per heavy atom. The summed E-state index contributed by atoms with van der Waals surface area (Å²) in [7, 11) is 2.09. The quantitative estimate of drug-likeness (QED) is 0.732. The van der Waals surface area contributed by atoms with Crippen LogP contribution in [0.25, 0.3) is 0 Å². The predicted molar refractivity (Wildman–Crippen MR) is 58.3 cm³/mol.